The van der Waals surface area contributed by atoms with Crippen molar-refractivity contribution in [2.24, 2.45) is 0 Å². The lowest BCUT2D eigenvalue weighted by molar-refractivity contribution is -0.347. The van der Waals surface area contributed by atoms with Gasteiger partial charge in [-0.2, -0.15) is 0 Å². The quantitative estimate of drug-likeness (QED) is 0.149. The lowest BCUT2D eigenvalue weighted by Gasteiger charge is -2.44. The first-order valence-corrected chi connectivity index (χ1v) is 13.3. The number of fused-ring (bicyclic) bond motifs is 1. The van der Waals surface area contributed by atoms with Crippen molar-refractivity contribution in [3.05, 3.63) is 35.4 Å². The molecule has 0 saturated carbocycles. The Kier molecular flexibility index (Phi) is 9.05. The van der Waals surface area contributed by atoms with Crippen LogP contribution in [0.3, 0.4) is 0 Å². The molecule has 5 rings (SSSR count). The van der Waals surface area contributed by atoms with Gasteiger partial charge in [-0.05, 0) is 17.7 Å². The minimum Gasteiger partial charge on any atom is -0.504 e. The maximum absolute atomic E-state index is 10.9. The number of benzene rings is 2. The van der Waals surface area contributed by atoms with E-state index in [9.17, 15) is 51.1 Å². The molecular formula is C27H34O16. The number of phenolic OH excluding ortho intramolecular Hbond substituents is 4. The maximum atomic E-state index is 10.9. The minimum atomic E-state index is -1.75. The van der Waals surface area contributed by atoms with E-state index < -0.39 is 104 Å². The molecule has 2 aromatic rings. The Balaban J connectivity index is 1.35. The lowest BCUT2D eigenvalue weighted by Crippen LogP contribution is -2.62. The highest BCUT2D eigenvalue weighted by Crippen LogP contribution is 2.49. The summed E-state index contributed by atoms with van der Waals surface area (Å²) < 4.78 is 33.6. The van der Waals surface area contributed by atoms with Crippen LogP contribution in [0.1, 0.15) is 17.2 Å². The molecular weight excluding hydrogens is 580 g/mol. The van der Waals surface area contributed by atoms with Crippen LogP contribution in [0.2, 0.25) is 0 Å². The summed E-state index contributed by atoms with van der Waals surface area (Å²) in [7, 11) is 1.25. The van der Waals surface area contributed by atoms with Crippen LogP contribution in [-0.4, -0.2) is 133 Å². The van der Waals surface area contributed by atoms with Gasteiger partial charge in [-0.1, -0.05) is 6.07 Å². The lowest BCUT2D eigenvalue weighted by atomic mass is 9.93. The number of rotatable bonds is 7. The molecule has 0 aliphatic carbocycles. The molecule has 0 aromatic heterocycles. The molecule has 2 fully saturated rings. The van der Waals surface area contributed by atoms with Crippen molar-refractivity contribution < 1.29 is 79.5 Å². The first-order chi connectivity index (χ1) is 20.4. The zero-order chi connectivity index (χ0) is 31.2. The van der Waals surface area contributed by atoms with Gasteiger partial charge in [-0.3, -0.25) is 0 Å². The Bertz CT molecular complexity index is 1290. The zero-order valence-corrected chi connectivity index (χ0v) is 22.7. The summed E-state index contributed by atoms with van der Waals surface area (Å²) in [5.41, 5.74) is 0.504. The monoisotopic (exact) mass is 614 g/mol. The Hall–Kier alpha value is -3.16. The van der Waals surface area contributed by atoms with E-state index in [1.807, 2.05) is 0 Å². The third kappa shape index (κ3) is 5.86. The van der Waals surface area contributed by atoms with E-state index >= 15 is 0 Å². The second-order valence-electron chi connectivity index (χ2n) is 10.5. The minimum absolute atomic E-state index is 0.0753. The second-order valence-corrected chi connectivity index (χ2v) is 10.5. The standard InChI is InChI=1S/C27H34O16/c1-38-25-13(31)6-14-10(18(25)32)5-15(24(40-14)9-2-3-11(29)12(30)4-9)41-26-22(36)20(34)17(8-39-26)43-27-23(37)21(35)19(33)16(7-28)42-27/h2-4,6,15-17,19-24,26-37H,5,7-8H2,1H3/t15-,16+,17+,19+,20-,21-,22+,23+,24+,26+,27-/m0/s1. The first kappa shape index (κ1) is 31.3. The second kappa shape index (κ2) is 12.4. The van der Waals surface area contributed by atoms with Crippen LogP contribution in [-0.2, 0) is 25.4 Å². The highest BCUT2D eigenvalue weighted by molar-refractivity contribution is 5.61. The van der Waals surface area contributed by atoms with Crippen LogP contribution in [0.25, 0.3) is 0 Å². The van der Waals surface area contributed by atoms with Gasteiger partial charge in [0.25, 0.3) is 0 Å². The fraction of sp³-hybridized carbons (Fsp3) is 0.556. The van der Waals surface area contributed by atoms with Gasteiger partial charge in [0.05, 0.1) is 20.3 Å². The van der Waals surface area contributed by atoms with Crippen molar-refractivity contribution in [2.45, 2.75) is 73.9 Å². The zero-order valence-electron chi connectivity index (χ0n) is 22.7. The van der Waals surface area contributed by atoms with Crippen molar-refractivity contribution >= 4 is 0 Å². The molecule has 0 bridgehead atoms. The van der Waals surface area contributed by atoms with Gasteiger partial charge in [-0.15, -0.1) is 0 Å². The number of ether oxygens (including phenoxy) is 6. The molecule has 16 nitrogen and oxygen atoms in total. The van der Waals surface area contributed by atoms with Gasteiger partial charge in [-0.25, -0.2) is 0 Å². The van der Waals surface area contributed by atoms with Crippen LogP contribution < -0.4 is 9.47 Å². The van der Waals surface area contributed by atoms with E-state index in [2.05, 4.69) is 0 Å². The molecule has 3 aliphatic rings. The van der Waals surface area contributed by atoms with E-state index in [0.717, 1.165) is 0 Å². The van der Waals surface area contributed by atoms with Gasteiger partial charge in [0, 0.05) is 18.1 Å². The Morgan fingerprint density at radius 2 is 1.49 bits per heavy atom. The number of methoxy groups -OCH3 is 1. The molecule has 0 unspecified atom stereocenters. The molecule has 3 heterocycles. The van der Waals surface area contributed by atoms with Gasteiger partial charge < -0.3 is 79.5 Å². The molecule has 3 aliphatic heterocycles. The highest BCUT2D eigenvalue weighted by Gasteiger charge is 2.49. The SMILES string of the molecule is COc1c(O)cc2c(c1O)C[C@H](O[C@H]1OC[C@@H](O[C@@H]3O[C@H](CO)[C@@H](O)[C@H](O)[C@H]3O)[C@H](O)[C@H]1O)[C@@H](c1ccc(O)c(O)c1)O2. The van der Waals surface area contributed by atoms with Crippen molar-refractivity contribution in [1.82, 2.24) is 0 Å². The summed E-state index contributed by atoms with van der Waals surface area (Å²) in [5, 5.41) is 102. The largest absolute Gasteiger partial charge is 0.504 e. The number of aliphatic hydroxyl groups is 6. The van der Waals surface area contributed by atoms with Gasteiger partial charge >= 0.3 is 0 Å². The van der Waals surface area contributed by atoms with Crippen molar-refractivity contribution in [2.75, 3.05) is 20.3 Å². The summed E-state index contributed by atoms with van der Waals surface area (Å²) >= 11 is 0. The maximum Gasteiger partial charge on any atom is 0.203 e. The Morgan fingerprint density at radius 3 is 2.16 bits per heavy atom. The van der Waals surface area contributed by atoms with Crippen LogP contribution in [0.15, 0.2) is 24.3 Å². The fourth-order valence-corrected chi connectivity index (χ4v) is 5.33. The molecule has 43 heavy (non-hydrogen) atoms. The van der Waals surface area contributed by atoms with Gasteiger partial charge in [0.15, 0.2) is 41.7 Å². The van der Waals surface area contributed by atoms with E-state index in [0.29, 0.717) is 5.56 Å². The third-order valence-electron chi connectivity index (χ3n) is 7.73. The summed E-state index contributed by atoms with van der Waals surface area (Å²) in [6, 6.07) is 5.12. The van der Waals surface area contributed by atoms with E-state index in [-0.39, 0.29) is 23.5 Å². The van der Waals surface area contributed by atoms with Crippen molar-refractivity contribution in [3.63, 3.8) is 0 Å². The van der Waals surface area contributed by atoms with E-state index in [1.54, 1.807) is 0 Å². The summed E-state index contributed by atoms with van der Waals surface area (Å²) in [5.74, 6) is -1.80. The van der Waals surface area contributed by atoms with Crippen LogP contribution in [0.4, 0.5) is 0 Å². The average Bonchev–Trinajstić information content (AvgIpc) is 2.98. The van der Waals surface area contributed by atoms with Crippen LogP contribution in [0.5, 0.6) is 34.5 Å². The van der Waals surface area contributed by atoms with Crippen LogP contribution >= 0.6 is 0 Å². The van der Waals surface area contributed by atoms with Crippen LogP contribution in [0, 0.1) is 0 Å². The number of hydrogen-bond donors (Lipinski definition) is 10. The molecule has 0 spiro atoms. The summed E-state index contributed by atoms with van der Waals surface area (Å²) in [6.45, 7) is -1.10. The number of phenols is 4. The van der Waals surface area contributed by atoms with E-state index in [1.165, 1.54) is 31.4 Å². The Labute approximate surface area is 244 Å². The predicted octanol–water partition coefficient (Wildman–Crippen LogP) is -2.16. The van der Waals surface area contributed by atoms with Crippen molar-refractivity contribution in [3.8, 4) is 34.5 Å². The topological polar surface area (TPSA) is 258 Å². The number of hydrogen-bond acceptors (Lipinski definition) is 16. The molecule has 11 atom stereocenters. The van der Waals surface area contributed by atoms with Gasteiger partial charge in [0.2, 0.25) is 5.75 Å². The Morgan fingerprint density at radius 1 is 0.791 bits per heavy atom. The van der Waals surface area contributed by atoms with Crippen molar-refractivity contribution in [1.29, 1.82) is 0 Å². The molecule has 238 valence electrons. The third-order valence-corrected chi connectivity index (χ3v) is 7.73. The molecule has 0 radical (unpaired) electrons. The number of aromatic hydroxyl groups is 4. The molecule has 2 aromatic carbocycles. The van der Waals surface area contributed by atoms with Gasteiger partial charge in [0.1, 0.15) is 54.6 Å². The predicted molar refractivity (Wildman–Crippen MR) is 138 cm³/mol. The summed E-state index contributed by atoms with van der Waals surface area (Å²) in [6.07, 6.45) is -16.3. The first-order valence-electron chi connectivity index (χ1n) is 13.3. The fourth-order valence-electron chi connectivity index (χ4n) is 5.33. The molecule has 16 heteroatoms. The summed E-state index contributed by atoms with van der Waals surface area (Å²) in [4.78, 5) is 0. The highest BCUT2D eigenvalue weighted by atomic mass is 16.7. The van der Waals surface area contributed by atoms with E-state index in [4.69, 9.17) is 28.4 Å². The average molecular weight is 615 g/mol. The molecule has 10 N–H and O–H groups in total. The number of aliphatic hydroxyl groups excluding tert-OH is 6. The smallest absolute Gasteiger partial charge is 0.203 e. The normalized spacial score (nSPS) is 36.0. The molecule has 2 saturated heterocycles. The molecule has 0 amide bonds.